The van der Waals surface area contributed by atoms with Gasteiger partial charge in [-0.1, -0.05) is 6.92 Å². The summed E-state index contributed by atoms with van der Waals surface area (Å²) in [5.41, 5.74) is 0. The van der Waals surface area contributed by atoms with E-state index in [1.165, 1.54) is 4.88 Å². The molecule has 0 radical (unpaired) electrons. The minimum absolute atomic E-state index is 0.0255. The van der Waals surface area contributed by atoms with Gasteiger partial charge in [0.05, 0.1) is 21.4 Å². The molecular formula is C12H15Br2ClOS. The minimum Gasteiger partial charge on any atom is -0.375 e. The molecule has 0 aromatic carbocycles. The Balaban J connectivity index is 2.22. The van der Waals surface area contributed by atoms with E-state index < -0.39 is 0 Å². The third-order valence-electron chi connectivity index (χ3n) is 3.59. The highest BCUT2D eigenvalue weighted by Crippen LogP contribution is 2.47. The fourth-order valence-corrected chi connectivity index (χ4v) is 5.24. The smallest absolute Gasteiger partial charge is 0.0843 e. The van der Waals surface area contributed by atoms with Crippen molar-refractivity contribution in [1.29, 1.82) is 0 Å². The predicted octanol–water partition coefficient (Wildman–Crippen LogP) is 5.61. The lowest BCUT2D eigenvalue weighted by molar-refractivity contribution is 0.0508. The first-order valence-electron chi connectivity index (χ1n) is 5.66. The Bertz CT molecular complexity index is 390. The summed E-state index contributed by atoms with van der Waals surface area (Å²) in [6, 6.07) is 2.11. The van der Waals surface area contributed by atoms with Crippen molar-refractivity contribution in [3.8, 4) is 0 Å². The number of halogens is 3. The Morgan fingerprint density at radius 3 is 2.35 bits per heavy atom. The minimum atomic E-state index is 0.0255. The lowest BCUT2D eigenvalue weighted by Crippen LogP contribution is -2.21. The lowest BCUT2D eigenvalue weighted by atomic mass is 9.86. The second kappa shape index (κ2) is 5.49. The Kier molecular flexibility index (Phi) is 4.63. The molecule has 1 aliphatic heterocycles. The van der Waals surface area contributed by atoms with Crippen molar-refractivity contribution in [3.63, 3.8) is 0 Å². The van der Waals surface area contributed by atoms with Crippen LogP contribution in [0.2, 0.25) is 0 Å². The van der Waals surface area contributed by atoms with Crippen LogP contribution in [0, 0.1) is 11.8 Å². The SMILES string of the molecule is CC1OC(C)C(C(Cl)c2cc(Br)c(Br)s2)C1C. The maximum atomic E-state index is 6.64. The molecule has 1 nitrogen and oxygen atoms in total. The van der Waals surface area contributed by atoms with Gasteiger partial charge in [-0.25, -0.2) is 0 Å². The second-order valence-corrected chi connectivity index (χ2v) is 8.38. The van der Waals surface area contributed by atoms with Crippen molar-refractivity contribution < 1.29 is 4.74 Å². The van der Waals surface area contributed by atoms with Crippen molar-refractivity contribution in [3.05, 3.63) is 19.2 Å². The van der Waals surface area contributed by atoms with E-state index in [-0.39, 0.29) is 11.5 Å². The molecule has 0 spiro atoms. The third-order valence-corrected chi connectivity index (χ3v) is 7.59. The Morgan fingerprint density at radius 1 is 1.29 bits per heavy atom. The van der Waals surface area contributed by atoms with Gasteiger partial charge >= 0.3 is 0 Å². The van der Waals surface area contributed by atoms with Crippen molar-refractivity contribution in [2.24, 2.45) is 11.8 Å². The molecule has 0 saturated carbocycles. The van der Waals surface area contributed by atoms with Gasteiger partial charge in [-0.3, -0.25) is 0 Å². The number of thiophene rings is 1. The summed E-state index contributed by atoms with van der Waals surface area (Å²) < 4.78 is 8.04. The molecule has 2 heterocycles. The molecule has 1 aromatic rings. The third kappa shape index (κ3) is 2.76. The average molecular weight is 403 g/mol. The van der Waals surface area contributed by atoms with E-state index in [1.54, 1.807) is 11.3 Å². The molecule has 96 valence electrons. The van der Waals surface area contributed by atoms with Gasteiger partial charge in [0.1, 0.15) is 0 Å². The highest BCUT2D eigenvalue weighted by molar-refractivity contribution is 9.13. The normalized spacial score (nSPS) is 35.2. The summed E-state index contributed by atoms with van der Waals surface area (Å²) >= 11 is 15.4. The van der Waals surface area contributed by atoms with Crippen LogP contribution in [-0.4, -0.2) is 12.2 Å². The van der Waals surface area contributed by atoms with Crippen LogP contribution in [0.5, 0.6) is 0 Å². The second-order valence-electron chi connectivity index (χ2n) is 4.65. The van der Waals surface area contributed by atoms with E-state index in [0.717, 1.165) is 8.26 Å². The number of alkyl halides is 1. The largest absolute Gasteiger partial charge is 0.375 e. The molecule has 1 aliphatic rings. The van der Waals surface area contributed by atoms with Crippen LogP contribution in [0.3, 0.4) is 0 Å². The van der Waals surface area contributed by atoms with Gasteiger partial charge in [-0.15, -0.1) is 22.9 Å². The molecule has 1 saturated heterocycles. The summed E-state index contributed by atoms with van der Waals surface area (Å²) in [5, 5.41) is 0.0255. The summed E-state index contributed by atoms with van der Waals surface area (Å²) in [7, 11) is 0. The lowest BCUT2D eigenvalue weighted by Gasteiger charge is -2.23. The van der Waals surface area contributed by atoms with Gasteiger partial charge < -0.3 is 4.74 Å². The molecule has 2 rings (SSSR count). The Hall–Kier alpha value is 0.910. The van der Waals surface area contributed by atoms with Crippen molar-refractivity contribution in [2.45, 2.75) is 38.4 Å². The van der Waals surface area contributed by atoms with Gasteiger partial charge in [0.25, 0.3) is 0 Å². The molecule has 5 heteroatoms. The highest BCUT2D eigenvalue weighted by atomic mass is 79.9. The van der Waals surface area contributed by atoms with Gasteiger partial charge in [-0.05, 0) is 57.7 Å². The summed E-state index contributed by atoms with van der Waals surface area (Å²) in [6.07, 6.45) is 0.519. The molecule has 0 amide bonds. The van der Waals surface area contributed by atoms with E-state index in [9.17, 15) is 0 Å². The number of hydrogen-bond acceptors (Lipinski definition) is 2. The molecular weight excluding hydrogens is 387 g/mol. The maximum absolute atomic E-state index is 6.64. The van der Waals surface area contributed by atoms with Crippen LogP contribution < -0.4 is 0 Å². The summed E-state index contributed by atoms with van der Waals surface area (Å²) in [5.74, 6) is 0.872. The van der Waals surface area contributed by atoms with Crippen molar-refractivity contribution in [2.75, 3.05) is 0 Å². The van der Waals surface area contributed by atoms with Gasteiger partial charge in [0.15, 0.2) is 0 Å². The van der Waals surface area contributed by atoms with E-state index in [4.69, 9.17) is 16.3 Å². The number of ether oxygens (including phenoxy) is 1. The molecule has 1 aromatic heterocycles. The van der Waals surface area contributed by atoms with E-state index in [2.05, 4.69) is 58.7 Å². The summed E-state index contributed by atoms with van der Waals surface area (Å²) in [4.78, 5) is 1.20. The quantitative estimate of drug-likeness (QED) is 0.584. The molecule has 1 fully saturated rings. The van der Waals surface area contributed by atoms with Crippen LogP contribution in [0.25, 0.3) is 0 Å². The standard InChI is InChI=1S/C12H15Br2ClOS/c1-5-6(2)16-7(3)10(5)11(15)9-4-8(13)12(14)17-9/h4-7,10-11H,1-3H3. The molecule has 0 aliphatic carbocycles. The zero-order valence-corrected chi connectivity index (χ0v) is 14.7. The van der Waals surface area contributed by atoms with Crippen LogP contribution in [0.4, 0.5) is 0 Å². The van der Waals surface area contributed by atoms with Crippen LogP contribution in [0.15, 0.2) is 14.3 Å². The Labute approximate surface area is 128 Å². The molecule has 5 atom stereocenters. The van der Waals surface area contributed by atoms with Crippen LogP contribution >= 0.6 is 54.8 Å². The average Bonchev–Trinajstić information content (AvgIpc) is 2.70. The fourth-order valence-electron chi connectivity index (χ4n) is 2.49. The highest BCUT2D eigenvalue weighted by Gasteiger charge is 2.42. The zero-order chi connectivity index (χ0) is 12.7. The van der Waals surface area contributed by atoms with Crippen molar-refractivity contribution in [1.82, 2.24) is 0 Å². The fraction of sp³-hybridized carbons (Fsp3) is 0.667. The first kappa shape index (κ1) is 14.3. The van der Waals surface area contributed by atoms with Crippen LogP contribution in [-0.2, 0) is 4.74 Å². The van der Waals surface area contributed by atoms with Crippen molar-refractivity contribution >= 4 is 54.8 Å². The first-order chi connectivity index (χ1) is 7.91. The predicted molar refractivity (Wildman–Crippen MR) is 81.0 cm³/mol. The van der Waals surface area contributed by atoms with Gasteiger partial charge in [0, 0.05) is 15.3 Å². The molecule has 5 unspecified atom stereocenters. The number of rotatable bonds is 2. The van der Waals surface area contributed by atoms with Gasteiger partial charge in [0.2, 0.25) is 0 Å². The zero-order valence-electron chi connectivity index (χ0n) is 9.91. The van der Waals surface area contributed by atoms with E-state index in [1.807, 2.05) is 0 Å². The van der Waals surface area contributed by atoms with Gasteiger partial charge in [-0.2, -0.15) is 0 Å². The molecule has 17 heavy (non-hydrogen) atoms. The summed E-state index contributed by atoms with van der Waals surface area (Å²) in [6.45, 7) is 6.48. The monoisotopic (exact) mass is 400 g/mol. The maximum Gasteiger partial charge on any atom is 0.0843 e. The van der Waals surface area contributed by atoms with Crippen LogP contribution in [0.1, 0.15) is 31.0 Å². The number of hydrogen-bond donors (Lipinski definition) is 0. The topological polar surface area (TPSA) is 9.23 Å². The first-order valence-corrected chi connectivity index (χ1v) is 8.50. The molecule has 0 N–H and O–H groups in total. The van der Waals surface area contributed by atoms with E-state index in [0.29, 0.717) is 17.9 Å². The molecule has 0 bridgehead atoms. The Morgan fingerprint density at radius 2 is 1.94 bits per heavy atom. The van der Waals surface area contributed by atoms with E-state index >= 15 is 0 Å².